The highest BCUT2D eigenvalue weighted by molar-refractivity contribution is 6.46. The number of benzene rings is 2. The highest BCUT2D eigenvalue weighted by atomic mass is 16.3. The van der Waals surface area contributed by atoms with Crippen LogP contribution in [0, 0.1) is 6.92 Å². The van der Waals surface area contributed by atoms with E-state index in [-0.39, 0.29) is 11.3 Å². The van der Waals surface area contributed by atoms with Gasteiger partial charge in [0.05, 0.1) is 11.6 Å². The van der Waals surface area contributed by atoms with Crippen LogP contribution in [0.2, 0.25) is 0 Å². The van der Waals surface area contributed by atoms with Crippen molar-refractivity contribution >= 4 is 17.4 Å². The molecule has 0 radical (unpaired) electrons. The summed E-state index contributed by atoms with van der Waals surface area (Å²) in [6.45, 7) is 4.61. The Morgan fingerprint density at radius 2 is 1.77 bits per heavy atom. The number of fused-ring (bicyclic) bond motifs is 1. The summed E-state index contributed by atoms with van der Waals surface area (Å²) < 4.78 is 0. The first-order valence-electron chi connectivity index (χ1n) is 11.5. The maximum absolute atomic E-state index is 13.1. The molecular weight excluding hydrogens is 386 g/mol. The largest absolute Gasteiger partial charge is 0.507 e. The SMILES string of the molecule is CCCCCN1C(=O)C(=O)/C(=C(/O)c2ccc3c(c2)CCCC3)C1c1ccccc1C. The molecule has 1 aliphatic heterocycles. The van der Waals surface area contributed by atoms with Crippen LogP contribution >= 0.6 is 0 Å². The van der Waals surface area contributed by atoms with Crippen LogP contribution < -0.4 is 0 Å². The van der Waals surface area contributed by atoms with E-state index in [1.807, 2.05) is 43.3 Å². The van der Waals surface area contributed by atoms with Gasteiger partial charge in [-0.2, -0.15) is 0 Å². The van der Waals surface area contributed by atoms with Gasteiger partial charge in [0.2, 0.25) is 0 Å². The Labute approximate surface area is 184 Å². The van der Waals surface area contributed by atoms with Crippen molar-refractivity contribution in [3.05, 3.63) is 75.9 Å². The summed E-state index contributed by atoms with van der Waals surface area (Å²) in [5, 5.41) is 11.3. The molecule has 0 bridgehead atoms. The molecule has 2 aromatic rings. The second-order valence-electron chi connectivity index (χ2n) is 8.75. The van der Waals surface area contributed by atoms with Crippen LogP contribution in [-0.2, 0) is 22.4 Å². The maximum atomic E-state index is 13.1. The van der Waals surface area contributed by atoms with Crippen molar-refractivity contribution < 1.29 is 14.7 Å². The highest BCUT2D eigenvalue weighted by Crippen LogP contribution is 2.41. The lowest BCUT2D eigenvalue weighted by Gasteiger charge is -2.26. The fourth-order valence-electron chi connectivity index (χ4n) is 4.90. The van der Waals surface area contributed by atoms with Crippen molar-refractivity contribution in [1.82, 2.24) is 4.90 Å². The van der Waals surface area contributed by atoms with E-state index in [0.717, 1.165) is 49.7 Å². The van der Waals surface area contributed by atoms with Gasteiger partial charge in [-0.1, -0.05) is 56.2 Å². The molecule has 2 aromatic carbocycles. The molecule has 0 spiro atoms. The van der Waals surface area contributed by atoms with E-state index >= 15 is 0 Å². The molecule has 1 saturated heterocycles. The zero-order chi connectivity index (χ0) is 22.0. The Morgan fingerprint density at radius 1 is 1.03 bits per heavy atom. The van der Waals surface area contributed by atoms with Crippen molar-refractivity contribution in [2.24, 2.45) is 0 Å². The minimum absolute atomic E-state index is 0.0574. The van der Waals surface area contributed by atoms with Crippen LogP contribution in [0.25, 0.3) is 5.76 Å². The fraction of sp³-hybridized carbons (Fsp3) is 0.407. The van der Waals surface area contributed by atoms with Crippen molar-refractivity contribution in [2.75, 3.05) is 6.54 Å². The molecule has 1 fully saturated rings. The summed E-state index contributed by atoms with van der Waals surface area (Å²) >= 11 is 0. The van der Waals surface area contributed by atoms with E-state index in [1.54, 1.807) is 4.90 Å². The van der Waals surface area contributed by atoms with E-state index in [2.05, 4.69) is 13.0 Å². The Kier molecular flexibility index (Phi) is 6.26. The Hall–Kier alpha value is -2.88. The quantitative estimate of drug-likeness (QED) is 0.293. The van der Waals surface area contributed by atoms with E-state index in [9.17, 15) is 14.7 Å². The normalized spacial score (nSPS) is 20.2. The van der Waals surface area contributed by atoms with Gasteiger partial charge < -0.3 is 10.0 Å². The third kappa shape index (κ3) is 4.04. The average molecular weight is 418 g/mol. The first kappa shape index (κ1) is 21.4. The molecule has 0 aromatic heterocycles. The number of nitrogens with zero attached hydrogens (tertiary/aromatic N) is 1. The van der Waals surface area contributed by atoms with Crippen LogP contribution in [0.4, 0.5) is 0 Å². The Balaban J connectivity index is 1.82. The molecule has 31 heavy (non-hydrogen) atoms. The summed E-state index contributed by atoms with van der Waals surface area (Å²) in [5.74, 6) is -1.15. The summed E-state index contributed by atoms with van der Waals surface area (Å²) in [4.78, 5) is 27.8. The number of amides is 1. The number of Topliss-reactive ketones (excluding diaryl/α,β-unsaturated/α-hetero) is 1. The predicted molar refractivity (Wildman–Crippen MR) is 123 cm³/mol. The number of likely N-dealkylation sites (tertiary alicyclic amines) is 1. The van der Waals surface area contributed by atoms with Crippen molar-refractivity contribution in [1.29, 1.82) is 0 Å². The summed E-state index contributed by atoms with van der Waals surface area (Å²) in [6, 6.07) is 13.2. The zero-order valence-corrected chi connectivity index (χ0v) is 18.5. The molecule has 1 atom stereocenters. The van der Waals surface area contributed by atoms with Crippen molar-refractivity contribution in [2.45, 2.75) is 64.8 Å². The number of aryl methyl sites for hydroxylation is 3. The molecule has 1 heterocycles. The molecule has 1 aliphatic carbocycles. The second kappa shape index (κ2) is 9.09. The van der Waals surface area contributed by atoms with E-state index < -0.39 is 17.7 Å². The van der Waals surface area contributed by atoms with Gasteiger partial charge in [-0.3, -0.25) is 9.59 Å². The number of hydrogen-bond acceptors (Lipinski definition) is 3. The Morgan fingerprint density at radius 3 is 2.52 bits per heavy atom. The highest BCUT2D eigenvalue weighted by Gasteiger charge is 2.46. The number of aliphatic hydroxyl groups is 1. The number of aliphatic hydroxyl groups excluding tert-OH is 1. The number of carbonyl (C=O) groups excluding carboxylic acids is 2. The monoisotopic (exact) mass is 417 g/mol. The molecule has 162 valence electrons. The zero-order valence-electron chi connectivity index (χ0n) is 18.5. The topological polar surface area (TPSA) is 57.6 Å². The third-order valence-corrected chi connectivity index (χ3v) is 6.65. The van der Waals surface area contributed by atoms with Gasteiger partial charge in [-0.05, 0) is 67.3 Å². The fourth-order valence-corrected chi connectivity index (χ4v) is 4.90. The molecule has 1 unspecified atom stereocenters. The van der Waals surface area contributed by atoms with Gasteiger partial charge in [0, 0.05) is 12.1 Å². The molecular formula is C27H31NO3. The van der Waals surface area contributed by atoms with E-state index in [1.165, 1.54) is 17.5 Å². The lowest BCUT2D eigenvalue weighted by atomic mass is 9.88. The molecule has 1 N–H and O–H groups in total. The van der Waals surface area contributed by atoms with Crippen LogP contribution in [0.15, 0.2) is 48.0 Å². The van der Waals surface area contributed by atoms with Crippen molar-refractivity contribution in [3.63, 3.8) is 0 Å². The van der Waals surface area contributed by atoms with Crippen LogP contribution in [0.1, 0.15) is 72.9 Å². The van der Waals surface area contributed by atoms with Gasteiger partial charge in [0.25, 0.3) is 11.7 Å². The molecule has 4 heteroatoms. The lowest BCUT2D eigenvalue weighted by Crippen LogP contribution is -2.31. The average Bonchev–Trinajstić information content (AvgIpc) is 3.03. The molecule has 0 saturated carbocycles. The standard InChI is InChI=1S/C27H31NO3/c1-3-4-9-16-28-24(22-13-8-5-10-18(22)2)23(26(30)27(28)31)25(29)21-15-14-19-11-6-7-12-20(19)17-21/h5,8,10,13-15,17,24,29H,3-4,6-7,9,11-12,16H2,1-2H3/b25-23+. The number of unbranched alkanes of at least 4 members (excludes halogenated alkanes) is 2. The number of rotatable bonds is 6. The van der Waals surface area contributed by atoms with Crippen LogP contribution in [0.5, 0.6) is 0 Å². The number of carbonyl (C=O) groups is 2. The van der Waals surface area contributed by atoms with Gasteiger partial charge in [-0.15, -0.1) is 0 Å². The first-order chi connectivity index (χ1) is 15.0. The molecule has 4 nitrogen and oxygen atoms in total. The lowest BCUT2D eigenvalue weighted by molar-refractivity contribution is -0.139. The second-order valence-corrected chi connectivity index (χ2v) is 8.75. The van der Waals surface area contributed by atoms with Crippen LogP contribution in [0.3, 0.4) is 0 Å². The van der Waals surface area contributed by atoms with E-state index in [4.69, 9.17) is 0 Å². The minimum Gasteiger partial charge on any atom is -0.507 e. The van der Waals surface area contributed by atoms with E-state index in [0.29, 0.717) is 12.1 Å². The molecule has 1 amide bonds. The summed E-state index contributed by atoms with van der Waals surface area (Å²) in [6.07, 6.45) is 7.24. The smallest absolute Gasteiger partial charge is 0.295 e. The van der Waals surface area contributed by atoms with Gasteiger partial charge in [0.1, 0.15) is 5.76 Å². The number of ketones is 1. The first-order valence-corrected chi connectivity index (χ1v) is 11.5. The van der Waals surface area contributed by atoms with Gasteiger partial charge in [0.15, 0.2) is 0 Å². The third-order valence-electron chi connectivity index (χ3n) is 6.65. The maximum Gasteiger partial charge on any atom is 0.295 e. The minimum atomic E-state index is -0.583. The molecule has 4 rings (SSSR count). The Bertz CT molecular complexity index is 1040. The van der Waals surface area contributed by atoms with Gasteiger partial charge >= 0.3 is 0 Å². The summed E-state index contributed by atoms with van der Waals surface area (Å²) in [7, 11) is 0. The predicted octanol–water partition coefficient (Wildman–Crippen LogP) is 5.49. The number of hydrogen-bond donors (Lipinski definition) is 1. The van der Waals surface area contributed by atoms with Crippen molar-refractivity contribution in [3.8, 4) is 0 Å². The van der Waals surface area contributed by atoms with Crippen LogP contribution in [-0.4, -0.2) is 28.2 Å². The van der Waals surface area contributed by atoms with Gasteiger partial charge in [-0.25, -0.2) is 0 Å². The summed E-state index contributed by atoms with van der Waals surface area (Å²) in [5.41, 5.74) is 5.31. The molecule has 2 aliphatic rings.